The number of hydrogen-bond acceptors (Lipinski definition) is 4. The van der Waals surface area contributed by atoms with E-state index in [-0.39, 0.29) is 4.90 Å². The van der Waals surface area contributed by atoms with Gasteiger partial charge in [0.25, 0.3) is 0 Å². The van der Waals surface area contributed by atoms with E-state index in [9.17, 15) is 13.2 Å². The fourth-order valence-electron chi connectivity index (χ4n) is 1.64. The average molecular weight is 308 g/mol. The Kier molecular flexibility index (Phi) is 4.06. The van der Waals surface area contributed by atoms with Crippen LogP contribution in [-0.4, -0.2) is 25.7 Å². The summed E-state index contributed by atoms with van der Waals surface area (Å²) in [5, 5.41) is 10.5. The van der Waals surface area contributed by atoms with Gasteiger partial charge >= 0.3 is 5.97 Å². The molecule has 0 aliphatic heterocycles. The minimum Gasteiger partial charge on any atom is -0.478 e. The molecular weight excluding hydrogens is 296 g/mol. The van der Waals surface area contributed by atoms with E-state index in [0.717, 1.165) is 22.1 Å². The van der Waals surface area contributed by atoms with E-state index in [1.807, 2.05) is 11.4 Å². The summed E-state index contributed by atoms with van der Waals surface area (Å²) in [4.78, 5) is 11.6. The molecule has 0 bridgehead atoms. The summed E-state index contributed by atoms with van der Waals surface area (Å²) in [6, 6.07) is 8.47. The number of hydrogen-bond donors (Lipinski definition) is 1. The zero-order valence-corrected chi connectivity index (χ0v) is 12.2. The van der Waals surface area contributed by atoms with Crippen LogP contribution in [0.4, 0.5) is 0 Å². The third kappa shape index (κ3) is 3.55. The van der Waals surface area contributed by atoms with Gasteiger partial charge in [-0.2, -0.15) is 0 Å². The molecular formula is C14H12O4S2. The Morgan fingerprint density at radius 2 is 1.85 bits per heavy atom. The number of thiophene rings is 1. The predicted octanol–water partition coefficient (Wildman–Crippen LogP) is 2.92. The Hall–Kier alpha value is -1.92. The van der Waals surface area contributed by atoms with Crippen LogP contribution in [0.3, 0.4) is 0 Å². The van der Waals surface area contributed by atoms with E-state index in [1.165, 1.54) is 23.7 Å². The minimum atomic E-state index is -3.19. The lowest BCUT2D eigenvalue weighted by Gasteiger charge is -2.00. The molecule has 104 valence electrons. The highest BCUT2D eigenvalue weighted by Crippen LogP contribution is 2.27. The maximum Gasteiger partial charge on any atom is 0.328 e. The van der Waals surface area contributed by atoms with Crippen molar-refractivity contribution in [3.63, 3.8) is 0 Å². The second-order valence-electron chi connectivity index (χ2n) is 4.21. The molecule has 0 spiro atoms. The number of sulfone groups is 1. The van der Waals surface area contributed by atoms with Crippen LogP contribution in [0.2, 0.25) is 0 Å². The number of carboxylic acids is 1. The summed E-state index contributed by atoms with van der Waals surface area (Å²) >= 11 is 1.43. The van der Waals surface area contributed by atoms with Gasteiger partial charge in [-0.15, -0.1) is 11.3 Å². The van der Waals surface area contributed by atoms with Crippen molar-refractivity contribution < 1.29 is 18.3 Å². The van der Waals surface area contributed by atoms with Crippen molar-refractivity contribution in [2.75, 3.05) is 6.26 Å². The molecule has 0 atom stereocenters. The van der Waals surface area contributed by atoms with Crippen LogP contribution in [0.15, 0.2) is 46.7 Å². The van der Waals surface area contributed by atoms with Crippen LogP contribution < -0.4 is 0 Å². The molecule has 4 nitrogen and oxygen atoms in total. The van der Waals surface area contributed by atoms with Crippen LogP contribution in [0.25, 0.3) is 17.2 Å². The molecule has 1 heterocycles. The Morgan fingerprint density at radius 3 is 2.40 bits per heavy atom. The standard InChI is InChI=1S/C14H12O4S2/c1-20(17,18)13-5-2-10(3-6-13)11-8-12(19-9-11)4-7-14(15)16/h2-9H,1H3,(H,15,16)/b7-4+. The normalized spacial score (nSPS) is 11.8. The maximum absolute atomic E-state index is 11.4. The molecule has 0 saturated carbocycles. The lowest BCUT2D eigenvalue weighted by molar-refractivity contribution is -0.131. The van der Waals surface area contributed by atoms with Gasteiger partial charge in [-0.1, -0.05) is 12.1 Å². The van der Waals surface area contributed by atoms with Crippen molar-refractivity contribution in [1.82, 2.24) is 0 Å². The van der Waals surface area contributed by atoms with Gasteiger partial charge in [-0.25, -0.2) is 13.2 Å². The van der Waals surface area contributed by atoms with Crippen LogP contribution in [0, 0.1) is 0 Å². The van der Waals surface area contributed by atoms with E-state index in [0.29, 0.717) is 0 Å². The number of benzene rings is 1. The van der Waals surface area contributed by atoms with Gasteiger partial charge < -0.3 is 5.11 Å². The molecule has 1 aromatic heterocycles. The van der Waals surface area contributed by atoms with E-state index >= 15 is 0 Å². The molecule has 20 heavy (non-hydrogen) atoms. The van der Waals surface area contributed by atoms with Crippen molar-refractivity contribution in [3.05, 3.63) is 46.7 Å². The molecule has 0 radical (unpaired) electrons. The van der Waals surface area contributed by atoms with Crippen LogP contribution in [-0.2, 0) is 14.6 Å². The zero-order valence-electron chi connectivity index (χ0n) is 10.6. The first-order chi connectivity index (χ1) is 9.36. The zero-order chi connectivity index (χ0) is 14.8. The summed E-state index contributed by atoms with van der Waals surface area (Å²) in [6.45, 7) is 0. The monoisotopic (exact) mass is 308 g/mol. The molecule has 0 unspecified atom stereocenters. The highest BCUT2D eigenvalue weighted by atomic mass is 32.2. The summed E-state index contributed by atoms with van der Waals surface area (Å²) in [5.41, 5.74) is 1.82. The van der Waals surface area contributed by atoms with Gasteiger partial charge in [-0.05, 0) is 40.8 Å². The van der Waals surface area contributed by atoms with Crippen LogP contribution >= 0.6 is 11.3 Å². The lowest BCUT2D eigenvalue weighted by atomic mass is 10.1. The van der Waals surface area contributed by atoms with Crippen molar-refractivity contribution in [1.29, 1.82) is 0 Å². The Balaban J connectivity index is 2.27. The first-order valence-corrected chi connectivity index (χ1v) is 8.43. The fourth-order valence-corrected chi connectivity index (χ4v) is 3.08. The molecule has 2 aromatic rings. The molecule has 0 amide bonds. The summed E-state index contributed by atoms with van der Waals surface area (Å²) in [7, 11) is -3.19. The minimum absolute atomic E-state index is 0.280. The van der Waals surface area contributed by atoms with E-state index in [4.69, 9.17) is 5.11 Å². The van der Waals surface area contributed by atoms with Gasteiger partial charge in [0.2, 0.25) is 0 Å². The van der Waals surface area contributed by atoms with Crippen molar-refractivity contribution in [3.8, 4) is 11.1 Å². The number of rotatable bonds is 4. The Bertz CT molecular complexity index is 753. The Morgan fingerprint density at radius 1 is 1.20 bits per heavy atom. The Labute approximate surface area is 120 Å². The van der Waals surface area contributed by atoms with Crippen LogP contribution in [0.5, 0.6) is 0 Å². The highest BCUT2D eigenvalue weighted by molar-refractivity contribution is 7.90. The van der Waals surface area contributed by atoms with E-state index in [2.05, 4.69) is 0 Å². The van der Waals surface area contributed by atoms with E-state index in [1.54, 1.807) is 24.3 Å². The second kappa shape index (κ2) is 5.60. The van der Waals surface area contributed by atoms with Gasteiger partial charge in [-0.3, -0.25) is 0 Å². The quantitative estimate of drug-likeness (QED) is 0.882. The van der Waals surface area contributed by atoms with Gasteiger partial charge in [0, 0.05) is 17.2 Å². The SMILES string of the molecule is CS(=O)(=O)c1ccc(-c2csc(/C=C/C(=O)O)c2)cc1. The summed E-state index contributed by atoms with van der Waals surface area (Å²) in [5.74, 6) is -0.988. The van der Waals surface area contributed by atoms with E-state index < -0.39 is 15.8 Å². The third-order valence-electron chi connectivity index (χ3n) is 2.63. The number of carboxylic acid groups (broad SMARTS) is 1. The fraction of sp³-hybridized carbons (Fsp3) is 0.0714. The summed E-state index contributed by atoms with van der Waals surface area (Å²) in [6.07, 6.45) is 3.78. The number of aliphatic carboxylic acids is 1. The average Bonchev–Trinajstić information content (AvgIpc) is 2.84. The molecule has 1 aromatic carbocycles. The maximum atomic E-state index is 11.4. The second-order valence-corrected chi connectivity index (χ2v) is 7.16. The molecule has 0 aliphatic rings. The van der Waals surface area contributed by atoms with Gasteiger partial charge in [0.15, 0.2) is 9.84 Å². The molecule has 0 fully saturated rings. The molecule has 0 aliphatic carbocycles. The van der Waals surface area contributed by atoms with Crippen molar-refractivity contribution in [2.24, 2.45) is 0 Å². The number of carbonyl (C=O) groups is 1. The summed E-state index contributed by atoms with van der Waals surface area (Å²) < 4.78 is 22.7. The molecule has 6 heteroatoms. The molecule has 1 N–H and O–H groups in total. The first-order valence-electron chi connectivity index (χ1n) is 5.66. The van der Waals surface area contributed by atoms with Crippen LogP contribution in [0.1, 0.15) is 4.88 Å². The van der Waals surface area contributed by atoms with Gasteiger partial charge in [0.05, 0.1) is 4.90 Å². The largest absolute Gasteiger partial charge is 0.478 e. The molecule has 2 rings (SSSR count). The lowest BCUT2D eigenvalue weighted by Crippen LogP contribution is -1.95. The smallest absolute Gasteiger partial charge is 0.328 e. The predicted molar refractivity (Wildman–Crippen MR) is 79.5 cm³/mol. The first kappa shape index (κ1) is 14.5. The third-order valence-corrected chi connectivity index (χ3v) is 4.65. The highest BCUT2D eigenvalue weighted by Gasteiger charge is 2.07. The van der Waals surface area contributed by atoms with Crippen molar-refractivity contribution >= 4 is 33.2 Å². The van der Waals surface area contributed by atoms with Crippen molar-refractivity contribution in [2.45, 2.75) is 4.90 Å². The topological polar surface area (TPSA) is 71.4 Å². The molecule has 0 saturated heterocycles. The van der Waals surface area contributed by atoms with Gasteiger partial charge in [0.1, 0.15) is 0 Å².